The number of carbonyl (C=O) groups excluding carboxylic acids is 1. The molecule has 0 saturated heterocycles. The Hall–Kier alpha value is -3.28. The molecular formula is C21H23N5O. The fourth-order valence-corrected chi connectivity index (χ4v) is 2.47. The van der Waals surface area contributed by atoms with Crippen LogP contribution in [-0.2, 0) is 12.0 Å². The molecule has 0 aliphatic heterocycles. The summed E-state index contributed by atoms with van der Waals surface area (Å²) < 4.78 is 0. The van der Waals surface area contributed by atoms with Crippen molar-refractivity contribution in [3.63, 3.8) is 0 Å². The van der Waals surface area contributed by atoms with Crippen LogP contribution in [0.15, 0.2) is 61.1 Å². The first kappa shape index (κ1) is 18.5. The van der Waals surface area contributed by atoms with Gasteiger partial charge < -0.3 is 10.6 Å². The van der Waals surface area contributed by atoms with E-state index < -0.39 is 0 Å². The van der Waals surface area contributed by atoms with E-state index in [2.05, 4.69) is 46.4 Å². The van der Waals surface area contributed by atoms with Crippen LogP contribution in [0.25, 0.3) is 0 Å². The average Bonchev–Trinajstić information content (AvgIpc) is 2.67. The summed E-state index contributed by atoms with van der Waals surface area (Å²) >= 11 is 0. The Morgan fingerprint density at radius 3 is 2.26 bits per heavy atom. The van der Waals surface area contributed by atoms with Crippen molar-refractivity contribution in [2.75, 3.05) is 10.6 Å². The van der Waals surface area contributed by atoms with Crippen LogP contribution in [-0.4, -0.2) is 20.9 Å². The molecule has 2 N–H and O–H groups in total. The average molecular weight is 361 g/mol. The minimum Gasteiger partial charge on any atom is -0.349 e. The lowest BCUT2D eigenvalue weighted by atomic mass is 9.87. The predicted molar refractivity (Wildman–Crippen MR) is 107 cm³/mol. The molecule has 6 nitrogen and oxygen atoms in total. The van der Waals surface area contributed by atoms with Crippen molar-refractivity contribution in [3.05, 3.63) is 77.9 Å². The van der Waals surface area contributed by atoms with E-state index in [9.17, 15) is 4.79 Å². The summed E-state index contributed by atoms with van der Waals surface area (Å²) in [7, 11) is 0. The quantitative estimate of drug-likeness (QED) is 0.717. The number of hydrogen-bond acceptors (Lipinski definition) is 5. The van der Waals surface area contributed by atoms with Crippen molar-refractivity contribution in [1.29, 1.82) is 0 Å². The van der Waals surface area contributed by atoms with Gasteiger partial charge in [-0.2, -0.15) is 0 Å². The third-order valence-electron chi connectivity index (χ3n) is 4.08. The van der Waals surface area contributed by atoms with Gasteiger partial charge in [-0.25, -0.2) is 9.97 Å². The topological polar surface area (TPSA) is 79.8 Å². The minimum atomic E-state index is -0.241. The number of pyridine rings is 1. The monoisotopic (exact) mass is 361 g/mol. The maximum Gasteiger partial charge on any atom is 0.258 e. The van der Waals surface area contributed by atoms with Crippen LogP contribution in [0, 0.1) is 0 Å². The zero-order valence-corrected chi connectivity index (χ0v) is 15.7. The molecule has 0 atom stereocenters. The largest absolute Gasteiger partial charge is 0.349 e. The third-order valence-corrected chi connectivity index (χ3v) is 4.08. The number of aromatic nitrogens is 3. The highest BCUT2D eigenvalue weighted by Crippen LogP contribution is 2.23. The van der Waals surface area contributed by atoms with Gasteiger partial charge in [0.1, 0.15) is 0 Å². The molecule has 0 aliphatic rings. The Bertz CT molecular complexity index is 885. The molecule has 0 bridgehead atoms. The van der Waals surface area contributed by atoms with Crippen LogP contribution < -0.4 is 10.6 Å². The van der Waals surface area contributed by atoms with E-state index in [0.29, 0.717) is 18.1 Å². The lowest BCUT2D eigenvalue weighted by Gasteiger charge is -2.19. The highest BCUT2D eigenvalue weighted by Gasteiger charge is 2.13. The van der Waals surface area contributed by atoms with E-state index in [1.54, 1.807) is 6.20 Å². The van der Waals surface area contributed by atoms with E-state index in [4.69, 9.17) is 0 Å². The molecule has 1 aromatic carbocycles. The summed E-state index contributed by atoms with van der Waals surface area (Å²) in [5.74, 6) is 0.210. The molecule has 3 aromatic rings. The normalized spacial score (nSPS) is 11.1. The number of anilines is 2. The van der Waals surface area contributed by atoms with Crippen LogP contribution in [0.1, 0.15) is 42.4 Å². The minimum absolute atomic E-state index is 0.0779. The smallest absolute Gasteiger partial charge is 0.258 e. The summed E-state index contributed by atoms with van der Waals surface area (Å²) in [5.41, 5.74) is 3.33. The first-order valence-corrected chi connectivity index (χ1v) is 8.79. The molecule has 27 heavy (non-hydrogen) atoms. The van der Waals surface area contributed by atoms with Gasteiger partial charge in [0, 0.05) is 24.3 Å². The molecule has 0 saturated carbocycles. The molecule has 0 aliphatic carbocycles. The fraction of sp³-hybridized carbons (Fsp3) is 0.238. The summed E-state index contributed by atoms with van der Waals surface area (Å²) in [5, 5.41) is 5.95. The maximum atomic E-state index is 12.4. The van der Waals surface area contributed by atoms with Gasteiger partial charge in [0.2, 0.25) is 5.95 Å². The standard InChI is InChI=1S/C21H23N5O/c1-21(2,3)16-7-9-17(10-8-16)26-19(27)15-12-23-20(24-13-15)25-14-18-6-4-5-11-22-18/h4-13H,14H2,1-3H3,(H,26,27)(H,23,24,25). The molecule has 0 fully saturated rings. The summed E-state index contributed by atoms with van der Waals surface area (Å²) in [6.07, 6.45) is 4.75. The highest BCUT2D eigenvalue weighted by molar-refractivity contribution is 6.03. The van der Waals surface area contributed by atoms with Crippen LogP contribution >= 0.6 is 0 Å². The van der Waals surface area contributed by atoms with Gasteiger partial charge in [0.15, 0.2) is 0 Å². The lowest BCUT2D eigenvalue weighted by Crippen LogP contribution is -2.14. The number of amides is 1. The second kappa shape index (κ2) is 7.95. The molecule has 1 amide bonds. The highest BCUT2D eigenvalue weighted by atomic mass is 16.1. The van der Waals surface area contributed by atoms with Gasteiger partial charge in [-0.1, -0.05) is 39.0 Å². The number of carbonyl (C=O) groups is 1. The van der Waals surface area contributed by atoms with E-state index in [-0.39, 0.29) is 11.3 Å². The van der Waals surface area contributed by atoms with Gasteiger partial charge in [0.05, 0.1) is 17.8 Å². The van der Waals surface area contributed by atoms with Crippen LogP contribution in [0.2, 0.25) is 0 Å². The van der Waals surface area contributed by atoms with Crippen LogP contribution in [0.3, 0.4) is 0 Å². The number of hydrogen-bond donors (Lipinski definition) is 2. The summed E-state index contributed by atoms with van der Waals surface area (Å²) in [6.45, 7) is 6.98. The Morgan fingerprint density at radius 2 is 1.67 bits per heavy atom. The fourth-order valence-electron chi connectivity index (χ4n) is 2.47. The van der Waals surface area contributed by atoms with E-state index >= 15 is 0 Å². The number of nitrogens with zero attached hydrogens (tertiary/aromatic N) is 3. The van der Waals surface area contributed by atoms with E-state index in [0.717, 1.165) is 11.4 Å². The molecular weight excluding hydrogens is 338 g/mol. The van der Waals surface area contributed by atoms with Crippen molar-refractivity contribution < 1.29 is 4.79 Å². The Kier molecular flexibility index (Phi) is 5.45. The predicted octanol–water partition coefficient (Wildman–Crippen LogP) is 4.03. The van der Waals surface area contributed by atoms with Gasteiger partial charge in [-0.3, -0.25) is 9.78 Å². The maximum absolute atomic E-state index is 12.4. The lowest BCUT2D eigenvalue weighted by molar-refractivity contribution is 0.102. The van der Waals surface area contributed by atoms with Gasteiger partial charge in [-0.15, -0.1) is 0 Å². The van der Waals surface area contributed by atoms with Crippen molar-refractivity contribution in [2.45, 2.75) is 32.7 Å². The first-order valence-electron chi connectivity index (χ1n) is 8.79. The van der Waals surface area contributed by atoms with Crippen molar-refractivity contribution >= 4 is 17.5 Å². The molecule has 3 rings (SSSR count). The van der Waals surface area contributed by atoms with Gasteiger partial charge in [-0.05, 0) is 35.2 Å². The van der Waals surface area contributed by atoms with Crippen LogP contribution in [0.4, 0.5) is 11.6 Å². The molecule has 6 heteroatoms. The van der Waals surface area contributed by atoms with Crippen molar-refractivity contribution in [1.82, 2.24) is 15.0 Å². The Labute approximate surface area is 159 Å². The van der Waals surface area contributed by atoms with Crippen LogP contribution in [0.5, 0.6) is 0 Å². The molecule has 0 radical (unpaired) electrons. The number of nitrogens with one attached hydrogen (secondary N) is 2. The van der Waals surface area contributed by atoms with Crippen molar-refractivity contribution in [3.8, 4) is 0 Å². The third kappa shape index (κ3) is 5.10. The summed E-state index contributed by atoms with van der Waals surface area (Å²) in [4.78, 5) is 25.0. The molecule has 138 valence electrons. The van der Waals surface area contributed by atoms with Gasteiger partial charge >= 0.3 is 0 Å². The first-order chi connectivity index (χ1) is 12.9. The molecule has 0 unspecified atom stereocenters. The Balaban J connectivity index is 1.58. The Morgan fingerprint density at radius 1 is 0.963 bits per heavy atom. The molecule has 2 heterocycles. The zero-order valence-electron chi connectivity index (χ0n) is 15.7. The van der Waals surface area contributed by atoms with Gasteiger partial charge in [0.25, 0.3) is 5.91 Å². The second-order valence-corrected chi connectivity index (χ2v) is 7.25. The molecule has 0 spiro atoms. The SMILES string of the molecule is CC(C)(C)c1ccc(NC(=O)c2cnc(NCc3ccccn3)nc2)cc1. The zero-order chi connectivity index (χ0) is 19.3. The van der Waals surface area contributed by atoms with E-state index in [1.165, 1.54) is 18.0 Å². The number of benzene rings is 1. The number of rotatable bonds is 5. The van der Waals surface area contributed by atoms with E-state index in [1.807, 2.05) is 42.5 Å². The summed E-state index contributed by atoms with van der Waals surface area (Å²) in [6, 6.07) is 13.6. The molecule has 2 aromatic heterocycles. The second-order valence-electron chi connectivity index (χ2n) is 7.25. The van der Waals surface area contributed by atoms with Crippen molar-refractivity contribution in [2.24, 2.45) is 0 Å².